The normalized spacial score (nSPS) is 27.0. The van der Waals surface area contributed by atoms with E-state index < -0.39 is 0 Å². The van der Waals surface area contributed by atoms with E-state index in [9.17, 15) is 0 Å². The summed E-state index contributed by atoms with van der Waals surface area (Å²) in [7, 11) is 0. The van der Waals surface area contributed by atoms with Gasteiger partial charge >= 0.3 is 0 Å². The van der Waals surface area contributed by atoms with Crippen LogP contribution in [0.2, 0.25) is 0 Å². The predicted molar refractivity (Wildman–Crippen MR) is 62.8 cm³/mol. The fourth-order valence-electron chi connectivity index (χ4n) is 1.67. The van der Waals surface area contributed by atoms with Crippen molar-refractivity contribution in [1.82, 2.24) is 5.32 Å². The molecule has 0 radical (unpaired) electrons. The average Bonchev–Trinajstić information content (AvgIpc) is 2.60. The average molecular weight is 211 g/mol. The molecule has 0 spiro atoms. The molecule has 86 valence electrons. The highest BCUT2D eigenvalue weighted by atomic mass is 16.5. The van der Waals surface area contributed by atoms with Crippen LogP contribution in [0.25, 0.3) is 0 Å². The zero-order valence-corrected chi connectivity index (χ0v) is 9.57. The topological polar surface area (TPSA) is 59.6 Å². The molecule has 0 unspecified atom stereocenters. The first kappa shape index (κ1) is 12.0. The Hall–Kier alpha value is -1.03. The van der Waals surface area contributed by atoms with Crippen LogP contribution in [0.5, 0.6) is 0 Å². The molecule has 4 heteroatoms. The fourth-order valence-corrected chi connectivity index (χ4v) is 1.67. The number of nitrogens with zero attached hydrogens (tertiary/aromatic N) is 1. The summed E-state index contributed by atoms with van der Waals surface area (Å²) in [4.78, 5) is 4.30. The van der Waals surface area contributed by atoms with E-state index in [1.54, 1.807) is 0 Å². The molecule has 1 saturated heterocycles. The minimum Gasteiger partial charge on any atom is -0.374 e. The van der Waals surface area contributed by atoms with E-state index in [0.29, 0.717) is 24.5 Å². The van der Waals surface area contributed by atoms with Crippen LogP contribution in [0.3, 0.4) is 0 Å². The van der Waals surface area contributed by atoms with Crippen molar-refractivity contribution in [1.29, 1.82) is 0 Å². The van der Waals surface area contributed by atoms with Crippen molar-refractivity contribution in [2.75, 3.05) is 13.2 Å². The summed E-state index contributed by atoms with van der Waals surface area (Å²) in [5.74, 6) is 0.940. The molecule has 0 aliphatic carbocycles. The molecule has 0 bridgehead atoms. The van der Waals surface area contributed by atoms with Gasteiger partial charge in [0.2, 0.25) is 0 Å². The molecule has 2 atom stereocenters. The van der Waals surface area contributed by atoms with Gasteiger partial charge in [-0.05, 0) is 20.3 Å². The van der Waals surface area contributed by atoms with Crippen LogP contribution in [-0.2, 0) is 4.74 Å². The first-order valence-electron chi connectivity index (χ1n) is 5.44. The van der Waals surface area contributed by atoms with E-state index in [4.69, 9.17) is 10.5 Å². The number of guanidine groups is 1. The molecule has 0 aromatic heterocycles. The highest BCUT2D eigenvalue weighted by Crippen LogP contribution is 2.21. The van der Waals surface area contributed by atoms with Gasteiger partial charge in [-0.1, -0.05) is 6.08 Å². The number of aliphatic imine (C=N–C) groups is 1. The molecule has 1 fully saturated rings. The molecule has 15 heavy (non-hydrogen) atoms. The summed E-state index contributed by atoms with van der Waals surface area (Å²) < 4.78 is 5.48. The summed E-state index contributed by atoms with van der Waals surface area (Å²) in [5.41, 5.74) is 5.71. The van der Waals surface area contributed by atoms with Crippen LogP contribution >= 0.6 is 0 Å². The summed E-state index contributed by atoms with van der Waals surface area (Å²) in [5, 5.41) is 3.06. The van der Waals surface area contributed by atoms with Gasteiger partial charge in [0.15, 0.2) is 5.96 Å². The highest BCUT2D eigenvalue weighted by molar-refractivity contribution is 5.78. The maximum atomic E-state index is 5.71. The molecular weight excluding hydrogens is 190 g/mol. The minimum absolute atomic E-state index is 0.139. The van der Waals surface area contributed by atoms with Crippen LogP contribution in [0, 0.1) is 5.92 Å². The first-order valence-corrected chi connectivity index (χ1v) is 5.44. The van der Waals surface area contributed by atoms with Gasteiger partial charge < -0.3 is 15.8 Å². The Balaban J connectivity index is 2.37. The monoisotopic (exact) mass is 211 g/mol. The second-order valence-electron chi connectivity index (χ2n) is 4.14. The maximum absolute atomic E-state index is 5.71. The van der Waals surface area contributed by atoms with Gasteiger partial charge in [-0.2, -0.15) is 0 Å². The van der Waals surface area contributed by atoms with E-state index in [-0.39, 0.29) is 6.10 Å². The van der Waals surface area contributed by atoms with E-state index in [2.05, 4.69) is 16.9 Å². The van der Waals surface area contributed by atoms with Crippen molar-refractivity contribution in [2.24, 2.45) is 16.6 Å². The molecule has 1 aliphatic rings. The molecule has 1 heterocycles. The van der Waals surface area contributed by atoms with Crippen molar-refractivity contribution in [2.45, 2.75) is 32.4 Å². The molecule has 1 aliphatic heterocycles. The fraction of sp³-hybridized carbons (Fsp3) is 0.727. The SMILES string of the molecule is C=C[C@@H]1OCC[C@H]1CN=C(N)NC(C)C. The third-order valence-corrected chi connectivity index (χ3v) is 2.43. The van der Waals surface area contributed by atoms with Crippen molar-refractivity contribution >= 4 is 5.96 Å². The zero-order valence-electron chi connectivity index (χ0n) is 9.57. The lowest BCUT2D eigenvalue weighted by atomic mass is 10.0. The van der Waals surface area contributed by atoms with Gasteiger partial charge in [-0.15, -0.1) is 6.58 Å². The molecule has 0 amide bonds. The third-order valence-electron chi connectivity index (χ3n) is 2.43. The predicted octanol–water partition coefficient (Wildman–Crippen LogP) is 0.890. The van der Waals surface area contributed by atoms with Crippen molar-refractivity contribution in [3.05, 3.63) is 12.7 Å². The largest absolute Gasteiger partial charge is 0.374 e. The number of rotatable bonds is 4. The van der Waals surface area contributed by atoms with Crippen LogP contribution in [-0.4, -0.2) is 31.3 Å². The van der Waals surface area contributed by atoms with Gasteiger partial charge in [-0.25, -0.2) is 0 Å². The smallest absolute Gasteiger partial charge is 0.188 e. The van der Waals surface area contributed by atoms with Crippen molar-refractivity contribution in [3.63, 3.8) is 0 Å². The number of nitrogens with two attached hydrogens (primary N) is 1. The highest BCUT2D eigenvalue weighted by Gasteiger charge is 2.25. The van der Waals surface area contributed by atoms with E-state index in [1.807, 2.05) is 19.9 Å². The Labute approximate surface area is 91.6 Å². The Bertz CT molecular complexity index is 238. The van der Waals surface area contributed by atoms with Crippen LogP contribution in [0.15, 0.2) is 17.6 Å². The molecule has 3 N–H and O–H groups in total. The molecule has 1 rings (SSSR count). The zero-order chi connectivity index (χ0) is 11.3. The molecule has 4 nitrogen and oxygen atoms in total. The van der Waals surface area contributed by atoms with Crippen LogP contribution < -0.4 is 11.1 Å². The Morgan fingerprint density at radius 2 is 2.47 bits per heavy atom. The Morgan fingerprint density at radius 3 is 3.07 bits per heavy atom. The third kappa shape index (κ3) is 3.91. The van der Waals surface area contributed by atoms with Gasteiger partial charge in [0.25, 0.3) is 0 Å². The van der Waals surface area contributed by atoms with Gasteiger partial charge in [-0.3, -0.25) is 4.99 Å². The molecule has 0 saturated carbocycles. The first-order chi connectivity index (χ1) is 7.13. The lowest BCUT2D eigenvalue weighted by Gasteiger charge is -2.13. The molecular formula is C11H21N3O. The van der Waals surface area contributed by atoms with Crippen LogP contribution in [0.1, 0.15) is 20.3 Å². The summed E-state index contributed by atoms with van der Waals surface area (Å²) in [6.07, 6.45) is 3.02. The van der Waals surface area contributed by atoms with Crippen LogP contribution in [0.4, 0.5) is 0 Å². The van der Waals surface area contributed by atoms with E-state index in [1.165, 1.54) is 0 Å². The number of nitrogens with one attached hydrogen (secondary N) is 1. The number of hydrogen-bond donors (Lipinski definition) is 2. The molecule has 0 aromatic carbocycles. The van der Waals surface area contributed by atoms with Crippen molar-refractivity contribution < 1.29 is 4.74 Å². The van der Waals surface area contributed by atoms with E-state index >= 15 is 0 Å². The standard InChI is InChI=1S/C11H21N3O/c1-4-10-9(5-6-15-10)7-13-11(12)14-8(2)3/h4,8-10H,1,5-7H2,2-3H3,(H3,12,13,14)/t9-,10-/m0/s1. The lowest BCUT2D eigenvalue weighted by molar-refractivity contribution is 0.129. The summed E-state index contributed by atoms with van der Waals surface area (Å²) >= 11 is 0. The Morgan fingerprint density at radius 1 is 1.73 bits per heavy atom. The van der Waals surface area contributed by atoms with Gasteiger partial charge in [0.1, 0.15) is 0 Å². The van der Waals surface area contributed by atoms with Gasteiger partial charge in [0.05, 0.1) is 6.10 Å². The van der Waals surface area contributed by atoms with Crippen molar-refractivity contribution in [3.8, 4) is 0 Å². The number of ether oxygens (including phenoxy) is 1. The quantitative estimate of drug-likeness (QED) is 0.412. The maximum Gasteiger partial charge on any atom is 0.188 e. The molecule has 0 aromatic rings. The number of hydrogen-bond acceptors (Lipinski definition) is 2. The second-order valence-corrected chi connectivity index (χ2v) is 4.14. The lowest BCUT2D eigenvalue weighted by Crippen LogP contribution is -2.37. The van der Waals surface area contributed by atoms with Gasteiger partial charge in [0, 0.05) is 25.1 Å². The summed E-state index contributed by atoms with van der Waals surface area (Å²) in [6, 6.07) is 0.323. The Kier molecular flexibility index (Phi) is 4.62. The summed E-state index contributed by atoms with van der Waals surface area (Å²) in [6.45, 7) is 9.33. The van der Waals surface area contributed by atoms with E-state index in [0.717, 1.165) is 13.0 Å². The second kappa shape index (κ2) is 5.75. The minimum atomic E-state index is 0.139.